The van der Waals surface area contributed by atoms with E-state index in [1.165, 1.54) is 0 Å². The van der Waals surface area contributed by atoms with Crippen LogP contribution in [0.3, 0.4) is 0 Å². The summed E-state index contributed by atoms with van der Waals surface area (Å²) < 4.78 is 16.2. The zero-order valence-electron chi connectivity index (χ0n) is 17.8. The Bertz CT molecular complexity index is 991. The molecule has 162 valence electrons. The van der Waals surface area contributed by atoms with Crippen LogP contribution in [0.5, 0.6) is 17.4 Å². The number of methoxy groups -OCH3 is 1. The lowest BCUT2D eigenvalue weighted by Crippen LogP contribution is -2.32. The average Bonchev–Trinajstić information content (AvgIpc) is 2.78. The number of nitrogens with one attached hydrogen (secondary N) is 2. The zero-order valence-corrected chi connectivity index (χ0v) is 17.8. The first kappa shape index (κ1) is 21.9. The van der Waals surface area contributed by atoms with Gasteiger partial charge in [-0.2, -0.15) is 0 Å². The molecular weight excluding hydrogens is 396 g/mol. The van der Waals surface area contributed by atoms with E-state index < -0.39 is 0 Å². The summed E-state index contributed by atoms with van der Waals surface area (Å²) in [6, 6.07) is 16.5. The number of nitrogens with zero attached hydrogens (tertiary/aromatic N) is 2. The molecule has 2 amide bonds. The number of aromatic nitrogens is 2. The van der Waals surface area contributed by atoms with Crippen LogP contribution in [-0.4, -0.2) is 43.1 Å². The van der Waals surface area contributed by atoms with Crippen LogP contribution in [0.25, 0.3) is 11.3 Å². The van der Waals surface area contributed by atoms with E-state index in [1.54, 1.807) is 13.2 Å². The number of hydrogen-bond donors (Lipinski definition) is 2. The predicted octanol–water partition coefficient (Wildman–Crippen LogP) is 4.06. The highest BCUT2D eigenvalue weighted by Gasteiger charge is 2.08. The molecule has 0 saturated heterocycles. The quantitative estimate of drug-likeness (QED) is 0.505. The third kappa shape index (κ3) is 6.33. The van der Waals surface area contributed by atoms with Crippen molar-refractivity contribution in [3.63, 3.8) is 0 Å². The molecule has 0 spiro atoms. The van der Waals surface area contributed by atoms with Crippen LogP contribution >= 0.6 is 0 Å². The molecule has 2 aromatic carbocycles. The van der Waals surface area contributed by atoms with E-state index in [9.17, 15) is 4.79 Å². The number of rotatable bonds is 9. The van der Waals surface area contributed by atoms with E-state index in [0.717, 1.165) is 22.6 Å². The maximum absolute atomic E-state index is 12.1. The Balaban J connectivity index is 1.44. The lowest BCUT2D eigenvalue weighted by molar-refractivity contribution is 0.246. The minimum Gasteiger partial charge on any atom is -0.495 e. The Morgan fingerprint density at radius 3 is 2.48 bits per heavy atom. The van der Waals surface area contributed by atoms with Gasteiger partial charge in [0.05, 0.1) is 31.6 Å². The largest absolute Gasteiger partial charge is 0.495 e. The molecule has 0 aliphatic rings. The highest BCUT2D eigenvalue weighted by Crippen LogP contribution is 2.25. The molecular formula is C23H26N4O4. The molecule has 0 fully saturated rings. The monoisotopic (exact) mass is 422 g/mol. The van der Waals surface area contributed by atoms with Crippen LogP contribution < -0.4 is 24.8 Å². The van der Waals surface area contributed by atoms with E-state index in [0.29, 0.717) is 30.5 Å². The van der Waals surface area contributed by atoms with Gasteiger partial charge in [0.25, 0.3) is 0 Å². The fourth-order valence-corrected chi connectivity index (χ4v) is 2.85. The minimum absolute atomic E-state index is 0.259. The maximum Gasteiger partial charge on any atom is 0.319 e. The van der Waals surface area contributed by atoms with Gasteiger partial charge in [-0.05, 0) is 61.9 Å². The molecule has 8 heteroatoms. The normalized spacial score (nSPS) is 10.3. The molecule has 0 unspecified atom stereocenters. The first-order valence-corrected chi connectivity index (χ1v) is 9.98. The summed E-state index contributed by atoms with van der Waals surface area (Å²) >= 11 is 0. The van der Waals surface area contributed by atoms with Crippen molar-refractivity contribution in [3.05, 3.63) is 60.2 Å². The molecule has 3 aromatic rings. The number of aryl methyl sites for hydroxylation is 1. The third-order valence-electron chi connectivity index (χ3n) is 4.34. The van der Waals surface area contributed by atoms with Crippen molar-refractivity contribution in [2.45, 2.75) is 13.8 Å². The van der Waals surface area contributed by atoms with Gasteiger partial charge in [0.2, 0.25) is 5.88 Å². The van der Waals surface area contributed by atoms with Crippen molar-refractivity contribution >= 4 is 11.7 Å². The van der Waals surface area contributed by atoms with Gasteiger partial charge in [0.1, 0.15) is 18.1 Å². The van der Waals surface area contributed by atoms with E-state index in [4.69, 9.17) is 14.2 Å². The van der Waals surface area contributed by atoms with E-state index in [1.807, 2.05) is 62.4 Å². The van der Waals surface area contributed by atoms with E-state index in [-0.39, 0.29) is 12.6 Å². The lowest BCUT2D eigenvalue weighted by Gasteiger charge is -2.12. The van der Waals surface area contributed by atoms with Gasteiger partial charge in [-0.15, -0.1) is 10.2 Å². The molecule has 0 radical (unpaired) electrons. The molecule has 31 heavy (non-hydrogen) atoms. The minimum atomic E-state index is -0.343. The topological polar surface area (TPSA) is 94.6 Å². The smallest absolute Gasteiger partial charge is 0.319 e. The molecule has 0 aliphatic heterocycles. The highest BCUT2D eigenvalue weighted by atomic mass is 16.5. The number of carbonyl (C=O) groups excluding carboxylic acids is 1. The summed E-state index contributed by atoms with van der Waals surface area (Å²) in [6.07, 6.45) is 0. The molecule has 1 heterocycles. The summed E-state index contributed by atoms with van der Waals surface area (Å²) in [5, 5.41) is 13.8. The predicted molar refractivity (Wildman–Crippen MR) is 119 cm³/mol. The molecule has 3 rings (SSSR count). The number of benzene rings is 2. The number of urea groups is 1. The van der Waals surface area contributed by atoms with Crippen molar-refractivity contribution in [2.24, 2.45) is 0 Å². The third-order valence-corrected chi connectivity index (χ3v) is 4.34. The van der Waals surface area contributed by atoms with Gasteiger partial charge in [-0.3, -0.25) is 0 Å². The van der Waals surface area contributed by atoms with Gasteiger partial charge >= 0.3 is 6.03 Å². The summed E-state index contributed by atoms with van der Waals surface area (Å²) in [6.45, 7) is 5.08. The summed E-state index contributed by atoms with van der Waals surface area (Å²) in [4.78, 5) is 12.1. The number of anilines is 1. The van der Waals surface area contributed by atoms with Crippen LogP contribution in [0.15, 0.2) is 54.6 Å². The van der Waals surface area contributed by atoms with Gasteiger partial charge in [-0.1, -0.05) is 6.07 Å². The standard InChI is InChI=1S/C23H26N4O4/c1-4-30-18-8-6-17(7-9-18)19-10-12-22(27-26-19)31-14-13-24-23(28)25-20-15-16(2)5-11-21(20)29-3/h5-12,15H,4,13-14H2,1-3H3,(H2,24,25,28). The second-order valence-corrected chi connectivity index (χ2v) is 6.65. The van der Waals surface area contributed by atoms with Gasteiger partial charge < -0.3 is 24.8 Å². The Morgan fingerprint density at radius 2 is 1.81 bits per heavy atom. The first-order valence-electron chi connectivity index (χ1n) is 9.98. The Kier molecular flexibility index (Phi) is 7.64. The maximum atomic E-state index is 12.1. The molecule has 0 bridgehead atoms. The fourth-order valence-electron chi connectivity index (χ4n) is 2.85. The second kappa shape index (κ2) is 10.8. The Labute approximate surface area is 181 Å². The van der Waals surface area contributed by atoms with Gasteiger partial charge in [0.15, 0.2) is 0 Å². The van der Waals surface area contributed by atoms with Crippen LogP contribution in [0.1, 0.15) is 12.5 Å². The molecule has 0 aliphatic carbocycles. The van der Waals surface area contributed by atoms with Crippen LogP contribution in [-0.2, 0) is 0 Å². The van der Waals surface area contributed by atoms with Crippen LogP contribution in [0, 0.1) is 6.92 Å². The summed E-state index contributed by atoms with van der Waals surface area (Å²) in [7, 11) is 1.56. The SMILES string of the molecule is CCOc1ccc(-c2ccc(OCCNC(=O)Nc3cc(C)ccc3OC)nn2)cc1. The summed E-state index contributed by atoms with van der Waals surface area (Å²) in [5.41, 5.74) is 3.30. The molecule has 2 N–H and O–H groups in total. The fraction of sp³-hybridized carbons (Fsp3) is 0.261. The molecule has 0 saturated carbocycles. The number of hydrogen-bond acceptors (Lipinski definition) is 6. The van der Waals surface area contributed by atoms with Crippen molar-refractivity contribution in [1.29, 1.82) is 0 Å². The number of ether oxygens (including phenoxy) is 3. The highest BCUT2D eigenvalue weighted by molar-refractivity contribution is 5.91. The zero-order chi connectivity index (χ0) is 22.1. The Morgan fingerprint density at radius 1 is 1.00 bits per heavy atom. The van der Waals surface area contributed by atoms with E-state index in [2.05, 4.69) is 20.8 Å². The first-order chi connectivity index (χ1) is 15.1. The second-order valence-electron chi connectivity index (χ2n) is 6.65. The number of carbonyl (C=O) groups is 1. The summed E-state index contributed by atoms with van der Waals surface area (Å²) in [5.74, 6) is 1.80. The Hall–Kier alpha value is -3.81. The van der Waals surface area contributed by atoms with Crippen molar-refractivity contribution in [3.8, 4) is 28.6 Å². The van der Waals surface area contributed by atoms with Crippen LogP contribution in [0.2, 0.25) is 0 Å². The molecule has 8 nitrogen and oxygen atoms in total. The average molecular weight is 422 g/mol. The number of amides is 2. The van der Waals surface area contributed by atoms with Gasteiger partial charge in [0, 0.05) is 11.6 Å². The molecule has 0 atom stereocenters. The lowest BCUT2D eigenvalue weighted by atomic mass is 10.1. The van der Waals surface area contributed by atoms with E-state index >= 15 is 0 Å². The van der Waals surface area contributed by atoms with Crippen molar-refractivity contribution in [1.82, 2.24) is 15.5 Å². The molecule has 1 aromatic heterocycles. The van der Waals surface area contributed by atoms with Crippen molar-refractivity contribution in [2.75, 3.05) is 32.2 Å². The van der Waals surface area contributed by atoms with Crippen molar-refractivity contribution < 1.29 is 19.0 Å². The van der Waals surface area contributed by atoms with Gasteiger partial charge in [-0.25, -0.2) is 4.79 Å². The van der Waals surface area contributed by atoms with Crippen LogP contribution in [0.4, 0.5) is 10.5 Å².